The lowest BCUT2D eigenvalue weighted by atomic mass is 9.90. The van der Waals surface area contributed by atoms with E-state index in [2.05, 4.69) is 0 Å². The Morgan fingerprint density at radius 1 is 1.44 bits per heavy atom. The molecule has 3 heteroatoms. The van der Waals surface area contributed by atoms with Crippen molar-refractivity contribution in [3.63, 3.8) is 0 Å². The molecule has 1 atom stereocenters. The van der Waals surface area contributed by atoms with Crippen molar-refractivity contribution in [1.82, 2.24) is 0 Å². The maximum absolute atomic E-state index is 11.6. The van der Waals surface area contributed by atoms with Crippen LogP contribution in [0.5, 0.6) is 0 Å². The summed E-state index contributed by atoms with van der Waals surface area (Å²) in [6.45, 7) is 4.26. The fourth-order valence-corrected chi connectivity index (χ4v) is 1.66. The highest BCUT2D eigenvalue weighted by Gasteiger charge is 2.17. The molecule has 1 rings (SSSR count). The Labute approximate surface area is 98.4 Å². The van der Waals surface area contributed by atoms with E-state index in [1.54, 1.807) is 0 Å². The van der Waals surface area contributed by atoms with Crippen molar-refractivity contribution in [1.29, 1.82) is 0 Å². The van der Waals surface area contributed by atoms with E-state index in [9.17, 15) is 4.79 Å². The standard InChI is InChI=1S/C13H17BO2/c1-3-11(13(15)16-4-2)8-10-6-5-7-12(14)9-10/h5-7,9,11H,3-4,8H2,1-2H3. The molecule has 2 nitrogen and oxygen atoms in total. The van der Waals surface area contributed by atoms with Gasteiger partial charge in [0.25, 0.3) is 0 Å². The summed E-state index contributed by atoms with van der Waals surface area (Å²) in [6, 6.07) is 7.64. The van der Waals surface area contributed by atoms with Crippen molar-refractivity contribution in [2.45, 2.75) is 26.7 Å². The number of rotatable bonds is 5. The van der Waals surface area contributed by atoms with Crippen molar-refractivity contribution in [3.05, 3.63) is 29.8 Å². The molecule has 1 aromatic carbocycles. The molecule has 0 amide bonds. The van der Waals surface area contributed by atoms with Gasteiger partial charge in [0.1, 0.15) is 7.85 Å². The first kappa shape index (κ1) is 12.8. The van der Waals surface area contributed by atoms with Crippen molar-refractivity contribution < 1.29 is 9.53 Å². The second-order valence-corrected chi connectivity index (χ2v) is 3.81. The molecular formula is C13H17BO2. The van der Waals surface area contributed by atoms with Gasteiger partial charge in [0.2, 0.25) is 0 Å². The zero-order valence-electron chi connectivity index (χ0n) is 9.90. The van der Waals surface area contributed by atoms with Crippen molar-refractivity contribution in [2.24, 2.45) is 5.92 Å². The largest absolute Gasteiger partial charge is 0.466 e. The van der Waals surface area contributed by atoms with Crippen LogP contribution in [-0.4, -0.2) is 20.4 Å². The molecule has 0 saturated carbocycles. The van der Waals surface area contributed by atoms with E-state index in [-0.39, 0.29) is 11.9 Å². The van der Waals surface area contributed by atoms with Gasteiger partial charge in [0.05, 0.1) is 12.5 Å². The lowest BCUT2D eigenvalue weighted by Gasteiger charge is -2.13. The maximum atomic E-state index is 11.6. The normalized spacial score (nSPS) is 12.1. The number of carbonyl (C=O) groups is 1. The zero-order valence-corrected chi connectivity index (χ0v) is 9.90. The van der Waals surface area contributed by atoms with Crippen molar-refractivity contribution in [3.8, 4) is 0 Å². The van der Waals surface area contributed by atoms with Gasteiger partial charge in [-0.25, -0.2) is 0 Å². The smallest absolute Gasteiger partial charge is 0.309 e. The van der Waals surface area contributed by atoms with Gasteiger partial charge in [0.15, 0.2) is 0 Å². The third-order valence-electron chi connectivity index (χ3n) is 2.55. The minimum Gasteiger partial charge on any atom is -0.466 e. The summed E-state index contributed by atoms with van der Waals surface area (Å²) in [5.74, 6) is -0.186. The molecule has 1 aromatic rings. The first-order valence-electron chi connectivity index (χ1n) is 5.68. The molecule has 2 radical (unpaired) electrons. The fourth-order valence-electron chi connectivity index (χ4n) is 1.66. The first-order chi connectivity index (χ1) is 7.67. The molecule has 0 bridgehead atoms. The molecule has 84 valence electrons. The molecule has 0 fully saturated rings. The summed E-state index contributed by atoms with van der Waals surface area (Å²) in [4.78, 5) is 11.6. The predicted octanol–water partition coefficient (Wildman–Crippen LogP) is 1.61. The van der Waals surface area contributed by atoms with Gasteiger partial charge in [-0.3, -0.25) is 4.79 Å². The molecule has 0 N–H and O–H groups in total. The van der Waals surface area contributed by atoms with Crippen molar-refractivity contribution >= 4 is 19.3 Å². The first-order valence-corrected chi connectivity index (χ1v) is 5.68. The highest BCUT2D eigenvalue weighted by molar-refractivity contribution is 6.32. The fraction of sp³-hybridized carbons (Fsp3) is 0.462. The Morgan fingerprint density at radius 3 is 2.75 bits per heavy atom. The summed E-state index contributed by atoms with van der Waals surface area (Å²) in [5, 5.41) is 0. The Morgan fingerprint density at radius 2 is 2.19 bits per heavy atom. The van der Waals surface area contributed by atoms with E-state index in [1.165, 1.54) is 0 Å². The highest BCUT2D eigenvalue weighted by Crippen LogP contribution is 2.13. The molecule has 0 saturated heterocycles. The molecule has 0 spiro atoms. The van der Waals surface area contributed by atoms with Crippen LogP contribution in [0.1, 0.15) is 25.8 Å². The predicted molar refractivity (Wildman–Crippen MR) is 65.9 cm³/mol. The summed E-state index contributed by atoms with van der Waals surface area (Å²) >= 11 is 0. The summed E-state index contributed by atoms with van der Waals surface area (Å²) in [7, 11) is 5.69. The van der Waals surface area contributed by atoms with Crippen LogP contribution in [-0.2, 0) is 16.0 Å². The van der Waals surface area contributed by atoms with Crippen LogP contribution in [0.2, 0.25) is 0 Å². The van der Waals surface area contributed by atoms with E-state index in [0.717, 1.165) is 17.4 Å². The highest BCUT2D eigenvalue weighted by atomic mass is 16.5. The third kappa shape index (κ3) is 3.72. The van der Waals surface area contributed by atoms with Gasteiger partial charge >= 0.3 is 5.97 Å². The van der Waals surface area contributed by atoms with E-state index < -0.39 is 0 Å². The van der Waals surface area contributed by atoms with Crippen LogP contribution in [0.3, 0.4) is 0 Å². The van der Waals surface area contributed by atoms with Gasteiger partial charge in [0, 0.05) is 0 Å². The number of esters is 1. The number of ether oxygens (including phenoxy) is 1. The summed E-state index contributed by atoms with van der Waals surface area (Å²) in [5.41, 5.74) is 1.82. The van der Waals surface area contributed by atoms with Crippen molar-refractivity contribution in [2.75, 3.05) is 6.61 Å². The number of carbonyl (C=O) groups excluding carboxylic acids is 1. The van der Waals surface area contributed by atoms with E-state index in [4.69, 9.17) is 12.6 Å². The molecule has 0 heterocycles. The minimum atomic E-state index is -0.118. The lowest BCUT2D eigenvalue weighted by Crippen LogP contribution is -2.20. The molecule has 16 heavy (non-hydrogen) atoms. The van der Waals surface area contributed by atoms with Gasteiger partial charge in [-0.05, 0) is 25.3 Å². The molecule has 1 unspecified atom stereocenters. The average molecular weight is 216 g/mol. The van der Waals surface area contributed by atoms with Gasteiger partial charge in [-0.1, -0.05) is 36.7 Å². The number of hydrogen-bond donors (Lipinski definition) is 0. The monoisotopic (exact) mass is 216 g/mol. The summed E-state index contributed by atoms with van der Waals surface area (Å²) in [6.07, 6.45) is 1.48. The third-order valence-corrected chi connectivity index (χ3v) is 2.55. The van der Waals surface area contributed by atoms with E-state index in [0.29, 0.717) is 13.0 Å². The topological polar surface area (TPSA) is 26.3 Å². The molecular weight excluding hydrogens is 199 g/mol. The SMILES string of the molecule is [B]c1cccc(CC(CC)C(=O)OCC)c1. The van der Waals surface area contributed by atoms with Gasteiger partial charge in [-0.2, -0.15) is 0 Å². The van der Waals surface area contributed by atoms with Crippen LogP contribution in [0.15, 0.2) is 24.3 Å². The Bertz CT molecular complexity index is 350. The van der Waals surface area contributed by atoms with E-state index >= 15 is 0 Å². The second kappa shape index (κ2) is 6.36. The van der Waals surface area contributed by atoms with E-state index in [1.807, 2.05) is 38.1 Å². The Hall–Kier alpha value is -1.25. The number of hydrogen-bond acceptors (Lipinski definition) is 2. The molecule has 0 aliphatic rings. The Kier molecular flexibility index (Phi) is 5.10. The van der Waals surface area contributed by atoms with Crippen LogP contribution < -0.4 is 5.46 Å². The van der Waals surface area contributed by atoms with Crippen LogP contribution in [0, 0.1) is 5.92 Å². The Balaban J connectivity index is 2.66. The summed E-state index contributed by atoms with van der Waals surface area (Å²) < 4.78 is 5.03. The van der Waals surface area contributed by atoms with Crippen LogP contribution >= 0.6 is 0 Å². The average Bonchev–Trinajstić information content (AvgIpc) is 2.26. The molecule has 0 aliphatic carbocycles. The van der Waals surface area contributed by atoms with Gasteiger partial charge in [-0.15, -0.1) is 0 Å². The second-order valence-electron chi connectivity index (χ2n) is 3.81. The van der Waals surface area contributed by atoms with Crippen LogP contribution in [0.4, 0.5) is 0 Å². The molecule has 0 aliphatic heterocycles. The molecule has 0 aromatic heterocycles. The van der Waals surface area contributed by atoms with Gasteiger partial charge < -0.3 is 4.74 Å². The quantitative estimate of drug-likeness (QED) is 0.552. The lowest BCUT2D eigenvalue weighted by molar-refractivity contribution is -0.148. The van der Waals surface area contributed by atoms with Crippen LogP contribution in [0.25, 0.3) is 0 Å². The zero-order chi connectivity index (χ0) is 12.0. The number of benzene rings is 1. The minimum absolute atomic E-state index is 0.0678. The maximum Gasteiger partial charge on any atom is 0.309 e.